The molecule has 0 aliphatic heterocycles. The van der Waals surface area contributed by atoms with E-state index in [1.165, 1.54) is 0 Å². The second-order valence-electron chi connectivity index (χ2n) is 1.82. The minimum atomic E-state index is 0.708. The molecule has 0 bridgehead atoms. The molecule has 0 aliphatic rings. The standard InChI is InChI=1S/C5H5N.C4H4Se/c1-2-4-6-5-3-1;1-2-4-5-3-1/h1-5H;1-4H. The first kappa shape index (κ1) is 8.25. The minimum Gasteiger partial charge on any atom is -0.265 e. The molecule has 0 N–H and O–H groups in total. The summed E-state index contributed by atoms with van der Waals surface area (Å²) in [5, 5.41) is 0. The monoisotopic (exact) mass is 211 g/mol. The van der Waals surface area contributed by atoms with Gasteiger partial charge >= 0.3 is 36.5 Å². The van der Waals surface area contributed by atoms with Gasteiger partial charge < -0.3 is 0 Å². The van der Waals surface area contributed by atoms with E-state index in [1.807, 2.05) is 18.2 Å². The summed E-state index contributed by atoms with van der Waals surface area (Å²) in [6.45, 7) is 0. The summed E-state index contributed by atoms with van der Waals surface area (Å²) in [7, 11) is 0. The zero-order valence-electron chi connectivity index (χ0n) is 6.05. The van der Waals surface area contributed by atoms with E-state index in [1.54, 1.807) is 12.4 Å². The number of aromatic nitrogens is 1. The predicted molar refractivity (Wildman–Crippen MR) is 47.6 cm³/mol. The quantitative estimate of drug-likeness (QED) is 0.604. The van der Waals surface area contributed by atoms with Crippen molar-refractivity contribution in [3.8, 4) is 0 Å². The van der Waals surface area contributed by atoms with Crippen LogP contribution in [0.3, 0.4) is 0 Å². The van der Waals surface area contributed by atoms with Gasteiger partial charge in [0.1, 0.15) is 0 Å². The fraction of sp³-hybridized carbons (Fsp3) is 0. The number of rotatable bonds is 0. The van der Waals surface area contributed by atoms with Crippen LogP contribution in [0.2, 0.25) is 0 Å². The number of pyridine rings is 1. The molecule has 0 aromatic carbocycles. The van der Waals surface area contributed by atoms with Crippen LogP contribution in [0.4, 0.5) is 0 Å². The van der Waals surface area contributed by atoms with Crippen LogP contribution in [-0.2, 0) is 0 Å². The molecule has 2 heteroatoms. The van der Waals surface area contributed by atoms with Crippen LogP contribution < -0.4 is 0 Å². The van der Waals surface area contributed by atoms with Gasteiger partial charge in [-0.15, -0.1) is 0 Å². The zero-order valence-corrected chi connectivity index (χ0v) is 7.76. The van der Waals surface area contributed by atoms with Crippen LogP contribution in [0.25, 0.3) is 0 Å². The second-order valence-corrected chi connectivity index (χ2v) is 3.53. The van der Waals surface area contributed by atoms with Crippen molar-refractivity contribution in [2.45, 2.75) is 0 Å². The first-order valence-corrected chi connectivity index (χ1v) is 5.30. The van der Waals surface area contributed by atoms with Crippen molar-refractivity contribution in [3.05, 3.63) is 52.6 Å². The van der Waals surface area contributed by atoms with E-state index in [2.05, 4.69) is 27.0 Å². The van der Waals surface area contributed by atoms with Gasteiger partial charge in [0.2, 0.25) is 0 Å². The third kappa shape index (κ3) is 4.54. The molecule has 2 aromatic heterocycles. The van der Waals surface area contributed by atoms with Crippen molar-refractivity contribution < 1.29 is 0 Å². The van der Waals surface area contributed by atoms with Crippen molar-refractivity contribution in [1.29, 1.82) is 0 Å². The van der Waals surface area contributed by atoms with E-state index in [0.717, 1.165) is 0 Å². The molecule has 11 heavy (non-hydrogen) atoms. The Morgan fingerprint density at radius 1 is 0.727 bits per heavy atom. The smallest absolute Gasteiger partial charge is 0.0267 e. The summed E-state index contributed by atoms with van der Waals surface area (Å²) in [5.41, 5.74) is 0. The summed E-state index contributed by atoms with van der Waals surface area (Å²) >= 11 is 0.708. The number of nitrogens with zero attached hydrogens (tertiary/aromatic N) is 1. The molecule has 2 heterocycles. The Morgan fingerprint density at radius 2 is 1.36 bits per heavy atom. The summed E-state index contributed by atoms with van der Waals surface area (Å²) in [4.78, 5) is 8.16. The Balaban J connectivity index is 0.000000112. The van der Waals surface area contributed by atoms with Gasteiger partial charge in [0.15, 0.2) is 0 Å². The average molecular weight is 210 g/mol. The Hall–Kier alpha value is -0.851. The molecule has 0 amide bonds. The van der Waals surface area contributed by atoms with E-state index in [9.17, 15) is 0 Å². The second kappa shape index (κ2) is 5.90. The van der Waals surface area contributed by atoms with Crippen LogP contribution in [0, 0.1) is 0 Å². The molecule has 2 aromatic rings. The van der Waals surface area contributed by atoms with Crippen LogP contribution in [0.5, 0.6) is 0 Å². The van der Waals surface area contributed by atoms with Crippen LogP contribution in [-0.4, -0.2) is 19.5 Å². The topological polar surface area (TPSA) is 12.9 Å². The summed E-state index contributed by atoms with van der Waals surface area (Å²) in [5.74, 6) is 0. The maximum absolute atomic E-state index is 3.78. The molecule has 1 nitrogen and oxygen atoms in total. The van der Waals surface area contributed by atoms with E-state index in [0.29, 0.717) is 14.5 Å². The van der Waals surface area contributed by atoms with E-state index < -0.39 is 0 Å². The van der Waals surface area contributed by atoms with Crippen molar-refractivity contribution in [2.75, 3.05) is 0 Å². The maximum Gasteiger partial charge on any atom is 0.0267 e. The molecule has 0 saturated heterocycles. The molecule has 2 rings (SSSR count). The van der Waals surface area contributed by atoms with Crippen LogP contribution in [0.1, 0.15) is 0 Å². The molecule has 0 atom stereocenters. The SMILES string of the molecule is c1cc[se]c1.c1ccncc1. The van der Waals surface area contributed by atoms with Crippen molar-refractivity contribution in [2.24, 2.45) is 0 Å². The first-order chi connectivity index (χ1) is 5.50. The first-order valence-electron chi connectivity index (χ1n) is 3.32. The number of hydrogen-bond donors (Lipinski definition) is 0. The Kier molecular flexibility index (Phi) is 4.42. The van der Waals surface area contributed by atoms with Crippen LogP contribution >= 0.6 is 0 Å². The van der Waals surface area contributed by atoms with Gasteiger partial charge in [-0.2, -0.15) is 0 Å². The van der Waals surface area contributed by atoms with Crippen molar-refractivity contribution in [1.82, 2.24) is 4.98 Å². The van der Waals surface area contributed by atoms with E-state index in [4.69, 9.17) is 0 Å². The molecule has 0 spiro atoms. The third-order valence-electron chi connectivity index (χ3n) is 0.992. The predicted octanol–water partition coefficient (Wildman–Crippen LogP) is 1.83. The normalized spacial score (nSPS) is 8.00. The molecule has 0 radical (unpaired) electrons. The van der Waals surface area contributed by atoms with Crippen LogP contribution in [0.15, 0.2) is 52.6 Å². The van der Waals surface area contributed by atoms with Crippen molar-refractivity contribution in [3.63, 3.8) is 0 Å². The third-order valence-corrected chi connectivity index (χ3v) is 2.31. The summed E-state index contributed by atoms with van der Waals surface area (Å²) in [6.07, 6.45) is 3.50. The van der Waals surface area contributed by atoms with Gasteiger partial charge in [-0.25, -0.2) is 0 Å². The molecule has 0 saturated carbocycles. The average Bonchev–Trinajstić information content (AvgIpc) is 2.64. The fourth-order valence-corrected chi connectivity index (χ4v) is 1.49. The minimum absolute atomic E-state index is 0.708. The molecular weight excluding hydrogens is 201 g/mol. The molecule has 56 valence electrons. The zero-order chi connectivity index (χ0) is 7.78. The van der Waals surface area contributed by atoms with Gasteiger partial charge in [0, 0.05) is 12.4 Å². The molecule has 0 fully saturated rings. The van der Waals surface area contributed by atoms with Gasteiger partial charge in [0.05, 0.1) is 0 Å². The largest absolute Gasteiger partial charge is 0.265 e. The fourth-order valence-electron chi connectivity index (χ4n) is 0.539. The van der Waals surface area contributed by atoms with Gasteiger partial charge in [-0.1, -0.05) is 6.07 Å². The number of hydrogen-bond acceptors (Lipinski definition) is 1. The van der Waals surface area contributed by atoms with E-state index >= 15 is 0 Å². The Bertz CT molecular complexity index is 195. The summed E-state index contributed by atoms with van der Waals surface area (Å²) in [6, 6.07) is 9.88. The van der Waals surface area contributed by atoms with E-state index in [-0.39, 0.29) is 0 Å². The van der Waals surface area contributed by atoms with Gasteiger partial charge in [0.25, 0.3) is 0 Å². The Morgan fingerprint density at radius 3 is 1.55 bits per heavy atom. The Labute approximate surface area is 72.5 Å². The molecular formula is C9H9NSe. The molecule has 0 unspecified atom stereocenters. The molecule has 0 aliphatic carbocycles. The van der Waals surface area contributed by atoms with Gasteiger partial charge in [-0.05, 0) is 12.1 Å². The maximum atomic E-state index is 3.78. The summed E-state index contributed by atoms with van der Waals surface area (Å²) < 4.78 is 0. The van der Waals surface area contributed by atoms with Gasteiger partial charge in [-0.3, -0.25) is 4.98 Å². The van der Waals surface area contributed by atoms with Crippen molar-refractivity contribution >= 4 is 14.5 Å².